The highest BCUT2D eigenvalue weighted by Crippen LogP contribution is 2.39. The quantitative estimate of drug-likeness (QED) is 0.241. The van der Waals surface area contributed by atoms with E-state index >= 15 is 0 Å². The molecule has 12 nitrogen and oxygen atoms in total. The first-order valence-electron chi connectivity index (χ1n) is 12.4. The van der Waals surface area contributed by atoms with Crippen LogP contribution in [0.4, 0.5) is 5.69 Å². The predicted molar refractivity (Wildman–Crippen MR) is 142 cm³/mol. The standard InChI is InChI=1S/C27H36N4O8/c1-14(2)23(26(35)39-27(5,6)7)30-19(32)13-28-24(33)20-15(3)29-16(4)21(25(34)38-8)22(20)17-10-9-11-18(12-17)31(36)37/h9-12,14,22-23,29H,13H2,1-8H3,(H,28,33)(H,30,32)/t22?,23-/m0/s1. The van der Waals surface area contributed by atoms with Gasteiger partial charge in [0.1, 0.15) is 11.6 Å². The molecule has 1 aliphatic rings. The van der Waals surface area contributed by atoms with Crippen LogP contribution in [0.1, 0.15) is 59.9 Å². The van der Waals surface area contributed by atoms with Crippen LogP contribution in [0, 0.1) is 16.0 Å². The number of methoxy groups -OCH3 is 1. The molecule has 1 aliphatic heterocycles. The van der Waals surface area contributed by atoms with Crippen LogP contribution in [-0.2, 0) is 28.7 Å². The normalized spacial score (nSPS) is 16.3. The van der Waals surface area contributed by atoms with E-state index in [0.717, 1.165) is 0 Å². The van der Waals surface area contributed by atoms with Gasteiger partial charge in [-0.2, -0.15) is 0 Å². The van der Waals surface area contributed by atoms with Gasteiger partial charge in [-0.3, -0.25) is 19.7 Å². The molecule has 0 saturated heterocycles. The van der Waals surface area contributed by atoms with Gasteiger partial charge in [0.15, 0.2) is 0 Å². The van der Waals surface area contributed by atoms with Crippen LogP contribution in [0.25, 0.3) is 0 Å². The number of ether oxygens (including phenoxy) is 2. The summed E-state index contributed by atoms with van der Waals surface area (Å²) in [5, 5.41) is 19.5. The molecule has 0 aliphatic carbocycles. The van der Waals surface area contributed by atoms with Crippen LogP contribution in [0.5, 0.6) is 0 Å². The first kappa shape index (κ1) is 31.0. The molecule has 1 heterocycles. The van der Waals surface area contributed by atoms with E-state index in [-0.39, 0.29) is 22.8 Å². The highest BCUT2D eigenvalue weighted by atomic mass is 16.6. The summed E-state index contributed by atoms with van der Waals surface area (Å²) in [6.07, 6.45) is 0. The van der Waals surface area contributed by atoms with Crippen LogP contribution in [-0.4, -0.2) is 54.0 Å². The predicted octanol–water partition coefficient (Wildman–Crippen LogP) is 2.60. The summed E-state index contributed by atoms with van der Waals surface area (Å²) >= 11 is 0. The number of non-ortho nitro benzene ring substituents is 1. The molecule has 1 aromatic carbocycles. The number of nitrogens with zero attached hydrogens (tertiary/aromatic N) is 1. The second-order valence-electron chi connectivity index (χ2n) is 10.5. The number of carbonyl (C=O) groups is 4. The zero-order valence-electron chi connectivity index (χ0n) is 23.5. The smallest absolute Gasteiger partial charge is 0.336 e. The van der Waals surface area contributed by atoms with Crippen LogP contribution < -0.4 is 16.0 Å². The molecule has 1 unspecified atom stereocenters. The van der Waals surface area contributed by atoms with Crippen molar-refractivity contribution in [3.8, 4) is 0 Å². The molecule has 0 bridgehead atoms. The number of hydrogen-bond acceptors (Lipinski definition) is 9. The van der Waals surface area contributed by atoms with E-state index in [2.05, 4.69) is 16.0 Å². The summed E-state index contributed by atoms with van der Waals surface area (Å²) in [7, 11) is 1.19. The minimum Gasteiger partial charge on any atom is -0.466 e. The molecule has 0 radical (unpaired) electrons. The molecular formula is C27H36N4O8. The average Bonchev–Trinajstić information content (AvgIpc) is 2.83. The van der Waals surface area contributed by atoms with Crippen molar-refractivity contribution in [1.29, 1.82) is 0 Å². The van der Waals surface area contributed by atoms with Gasteiger partial charge in [0.25, 0.3) is 5.69 Å². The van der Waals surface area contributed by atoms with Crippen LogP contribution >= 0.6 is 0 Å². The zero-order valence-corrected chi connectivity index (χ0v) is 23.5. The Morgan fingerprint density at radius 2 is 1.72 bits per heavy atom. The van der Waals surface area contributed by atoms with Crippen molar-refractivity contribution < 1.29 is 33.6 Å². The van der Waals surface area contributed by atoms with Gasteiger partial charge in [-0.05, 0) is 46.1 Å². The molecule has 212 valence electrons. The Kier molecular flexibility index (Phi) is 9.98. The van der Waals surface area contributed by atoms with Gasteiger partial charge in [-0.25, -0.2) is 9.59 Å². The SMILES string of the molecule is COC(=O)C1=C(C)NC(C)=C(C(=O)NCC(=O)N[C@H](C(=O)OC(C)(C)C)C(C)C)C1c1cccc([N+](=O)[O-])c1. The van der Waals surface area contributed by atoms with E-state index in [1.54, 1.807) is 54.5 Å². The van der Waals surface area contributed by atoms with E-state index in [9.17, 15) is 29.3 Å². The third kappa shape index (κ3) is 7.88. The molecule has 0 aromatic heterocycles. The summed E-state index contributed by atoms with van der Waals surface area (Å²) in [4.78, 5) is 62.3. The summed E-state index contributed by atoms with van der Waals surface area (Å²) in [5.74, 6) is -3.90. The fourth-order valence-electron chi connectivity index (χ4n) is 4.17. The molecule has 0 fully saturated rings. The molecule has 2 amide bonds. The molecule has 39 heavy (non-hydrogen) atoms. The van der Waals surface area contributed by atoms with Gasteiger partial charge >= 0.3 is 11.9 Å². The maximum absolute atomic E-state index is 13.4. The first-order valence-corrected chi connectivity index (χ1v) is 12.4. The van der Waals surface area contributed by atoms with Gasteiger partial charge in [-0.1, -0.05) is 26.0 Å². The Balaban J connectivity index is 2.34. The zero-order chi connectivity index (χ0) is 29.7. The molecule has 12 heteroatoms. The number of nitrogens with one attached hydrogen (secondary N) is 3. The van der Waals surface area contributed by atoms with Gasteiger partial charge < -0.3 is 25.4 Å². The fourth-order valence-corrected chi connectivity index (χ4v) is 4.17. The summed E-state index contributed by atoms with van der Waals surface area (Å²) in [6, 6.07) is 4.68. The van der Waals surface area contributed by atoms with E-state index in [4.69, 9.17) is 9.47 Å². The Morgan fingerprint density at radius 3 is 2.26 bits per heavy atom. The van der Waals surface area contributed by atoms with E-state index in [1.165, 1.54) is 25.3 Å². The lowest BCUT2D eigenvalue weighted by atomic mass is 9.80. The van der Waals surface area contributed by atoms with Gasteiger partial charge in [0.2, 0.25) is 11.8 Å². The van der Waals surface area contributed by atoms with Crippen molar-refractivity contribution in [2.75, 3.05) is 13.7 Å². The minimum absolute atomic E-state index is 0.0850. The monoisotopic (exact) mass is 544 g/mol. The summed E-state index contributed by atoms with van der Waals surface area (Å²) < 4.78 is 10.3. The number of nitro benzene ring substituents is 1. The Labute approximate surface area is 227 Å². The van der Waals surface area contributed by atoms with Crippen molar-refractivity contribution in [3.63, 3.8) is 0 Å². The van der Waals surface area contributed by atoms with Crippen molar-refractivity contribution in [2.24, 2.45) is 5.92 Å². The largest absolute Gasteiger partial charge is 0.466 e. The Morgan fingerprint density at radius 1 is 1.10 bits per heavy atom. The number of benzene rings is 1. The van der Waals surface area contributed by atoms with Crippen LogP contribution in [0.3, 0.4) is 0 Å². The lowest BCUT2D eigenvalue weighted by Crippen LogP contribution is -2.50. The molecule has 3 N–H and O–H groups in total. The number of hydrogen-bond donors (Lipinski definition) is 3. The molecule has 1 aromatic rings. The highest BCUT2D eigenvalue weighted by Gasteiger charge is 2.38. The third-order valence-electron chi connectivity index (χ3n) is 5.88. The number of carbonyl (C=O) groups excluding carboxylic acids is 4. The summed E-state index contributed by atoms with van der Waals surface area (Å²) in [6.45, 7) is 11.4. The van der Waals surface area contributed by atoms with Gasteiger partial charge in [0, 0.05) is 29.1 Å². The van der Waals surface area contributed by atoms with E-state index in [1.807, 2.05) is 0 Å². The second-order valence-corrected chi connectivity index (χ2v) is 10.5. The minimum atomic E-state index is -1.01. The number of nitro groups is 1. The molecule has 0 saturated carbocycles. The fraction of sp³-hybridized carbons (Fsp3) is 0.481. The number of esters is 2. The van der Waals surface area contributed by atoms with E-state index in [0.29, 0.717) is 17.0 Å². The van der Waals surface area contributed by atoms with Gasteiger partial charge in [0.05, 0.1) is 30.1 Å². The number of dihydropyridines is 1. The average molecular weight is 545 g/mol. The van der Waals surface area contributed by atoms with Crippen molar-refractivity contribution in [1.82, 2.24) is 16.0 Å². The second kappa shape index (κ2) is 12.5. The maximum Gasteiger partial charge on any atom is 0.336 e. The molecule has 2 rings (SSSR count). The molecule has 2 atom stereocenters. The Hall–Kier alpha value is -4.22. The van der Waals surface area contributed by atoms with Crippen LogP contribution in [0.2, 0.25) is 0 Å². The van der Waals surface area contributed by atoms with Crippen molar-refractivity contribution in [3.05, 3.63) is 62.5 Å². The number of amides is 2. The molecular weight excluding hydrogens is 508 g/mol. The van der Waals surface area contributed by atoms with Crippen molar-refractivity contribution >= 4 is 29.4 Å². The number of rotatable bonds is 9. The third-order valence-corrected chi connectivity index (χ3v) is 5.88. The first-order chi connectivity index (χ1) is 18.1. The lowest BCUT2D eigenvalue weighted by Gasteiger charge is -2.30. The summed E-state index contributed by atoms with van der Waals surface area (Å²) in [5.41, 5.74) is 0.359. The Bertz CT molecular complexity index is 1230. The lowest BCUT2D eigenvalue weighted by molar-refractivity contribution is -0.384. The van der Waals surface area contributed by atoms with Crippen LogP contribution in [0.15, 0.2) is 46.8 Å². The van der Waals surface area contributed by atoms with Gasteiger partial charge in [-0.15, -0.1) is 0 Å². The van der Waals surface area contributed by atoms with E-state index < -0.39 is 52.8 Å². The topological polar surface area (TPSA) is 166 Å². The number of allylic oxidation sites excluding steroid dienone is 2. The highest BCUT2D eigenvalue weighted by molar-refractivity contribution is 6.03. The molecule has 0 spiro atoms. The van der Waals surface area contributed by atoms with Crippen molar-refractivity contribution in [2.45, 2.75) is 66.0 Å². The maximum atomic E-state index is 13.4.